The zero-order valence-electron chi connectivity index (χ0n) is 13.1. The zero-order valence-corrected chi connectivity index (χ0v) is 13.9. The molecule has 1 aromatic rings. The minimum Gasteiger partial charge on any atom is -0.195 e. The maximum Gasteiger partial charge on any atom is 0.279 e. The Balaban J connectivity index is 2.97. The van der Waals surface area contributed by atoms with E-state index in [0.29, 0.717) is 0 Å². The minimum atomic E-state index is -3.43. The Kier molecular flexibility index (Phi) is 6.17. The van der Waals surface area contributed by atoms with E-state index in [1.165, 1.54) is 24.0 Å². The van der Waals surface area contributed by atoms with Gasteiger partial charge < -0.3 is 0 Å². The van der Waals surface area contributed by atoms with Gasteiger partial charge in [0.2, 0.25) is 0 Å². The molecule has 1 N–H and O–H groups in total. The van der Waals surface area contributed by atoms with Crippen LogP contribution in [0.5, 0.6) is 0 Å². The van der Waals surface area contributed by atoms with Gasteiger partial charge in [-0.2, -0.15) is 17.4 Å². The van der Waals surface area contributed by atoms with Gasteiger partial charge in [0.15, 0.2) is 0 Å². The summed E-state index contributed by atoms with van der Waals surface area (Å²) in [4.78, 5) is 0. The lowest BCUT2D eigenvalue weighted by molar-refractivity contribution is 0.437. The Labute approximate surface area is 123 Å². The first-order valence-corrected chi connectivity index (χ1v) is 8.50. The molecule has 1 atom stereocenters. The molecule has 1 rings (SSSR count). The quantitative estimate of drug-likeness (QED) is 0.841. The van der Waals surface area contributed by atoms with Gasteiger partial charge in [0.1, 0.15) is 0 Å². The van der Waals surface area contributed by atoms with Crippen LogP contribution < -0.4 is 4.72 Å². The molecule has 0 spiro atoms. The van der Waals surface area contributed by atoms with E-state index in [1.807, 2.05) is 26.0 Å². The highest BCUT2D eigenvalue weighted by molar-refractivity contribution is 7.87. The molecule has 4 nitrogen and oxygen atoms in total. The normalized spacial score (nSPS) is 13.9. The van der Waals surface area contributed by atoms with Crippen molar-refractivity contribution >= 4 is 10.2 Å². The number of rotatable bonds is 7. The van der Waals surface area contributed by atoms with Gasteiger partial charge in [0.25, 0.3) is 10.2 Å². The number of nitrogens with one attached hydrogen (secondary N) is 1. The van der Waals surface area contributed by atoms with Crippen LogP contribution in [0.1, 0.15) is 44.4 Å². The van der Waals surface area contributed by atoms with E-state index in [9.17, 15) is 8.42 Å². The first-order chi connectivity index (χ1) is 9.27. The van der Waals surface area contributed by atoms with Gasteiger partial charge in [-0.25, -0.2) is 0 Å². The molecule has 0 saturated heterocycles. The van der Waals surface area contributed by atoms with Crippen molar-refractivity contribution in [2.45, 2.75) is 39.7 Å². The first-order valence-electron chi connectivity index (χ1n) is 7.06. The van der Waals surface area contributed by atoms with Gasteiger partial charge >= 0.3 is 0 Å². The second kappa shape index (κ2) is 7.20. The van der Waals surface area contributed by atoms with Gasteiger partial charge in [-0.15, -0.1) is 0 Å². The molecular weight excluding hydrogens is 272 g/mol. The fraction of sp³-hybridized carbons (Fsp3) is 0.600. The van der Waals surface area contributed by atoms with Crippen LogP contribution in [-0.4, -0.2) is 26.8 Å². The summed E-state index contributed by atoms with van der Waals surface area (Å²) in [6.45, 7) is 6.18. The third-order valence-electron chi connectivity index (χ3n) is 3.30. The standard InChI is InChI=1S/C15H26N2O2S/c1-6-7-13-8-10-14(11-9-13)15(12(2)3)16-20(18,19)17(4)5/h8-12,15-16H,6-7H2,1-5H3/t15-/m1/s1. The van der Waals surface area contributed by atoms with Crippen molar-refractivity contribution in [2.24, 2.45) is 5.92 Å². The number of hydrogen-bond donors (Lipinski definition) is 1. The predicted octanol–water partition coefficient (Wildman–Crippen LogP) is 2.73. The van der Waals surface area contributed by atoms with E-state index < -0.39 is 10.2 Å². The van der Waals surface area contributed by atoms with Gasteiger partial charge in [0.05, 0.1) is 6.04 Å². The van der Waals surface area contributed by atoms with E-state index in [-0.39, 0.29) is 12.0 Å². The van der Waals surface area contributed by atoms with E-state index in [0.717, 1.165) is 18.4 Å². The van der Waals surface area contributed by atoms with Crippen LogP contribution in [0.3, 0.4) is 0 Å². The lowest BCUT2D eigenvalue weighted by Crippen LogP contribution is -2.39. The number of hydrogen-bond acceptors (Lipinski definition) is 2. The van der Waals surface area contributed by atoms with Crippen LogP contribution in [0.25, 0.3) is 0 Å². The van der Waals surface area contributed by atoms with Crippen molar-refractivity contribution in [1.82, 2.24) is 9.03 Å². The Morgan fingerprint density at radius 3 is 2.10 bits per heavy atom. The van der Waals surface area contributed by atoms with Crippen LogP contribution >= 0.6 is 0 Å². The molecule has 0 fully saturated rings. The summed E-state index contributed by atoms with van der Waals surface area (Å²) in [5, 5.41) is 0. The molecule has 20 heavy (non-hydrogen) atoms. The van der Waals surface area contributed by atoms with Crippen molar-refractivity contribution in [3.63, 3.8) is 0 Å². The van der Waals surface area contributed by atoms with Crippen LogP contribution in [-0.2, 0) is 16.6 Å². The second-order valence-corrected chi connectivity index (χ2v) is 7.53. The smallest absolute Gasteiger partial charge is 0.195 e. The number of nitrogens with zero attached hydrogens (tertiary/aromatic N) is 1. The molecule has 0 heterocycles. The van der Waals surface area contributed by atoms with E-state index >= 15 is 0 Å². The fourth-order valence-electron chi connectivity index (χ4n) is 2.04. The Hall–Kier alpha value is -0.910. The van der Waals surface area contributed by atoms with Crippen LogP contribution in [0, 0.1) is 5.92 Å². The molecule has 1 aromatic carbocycles. The van der Waals surface area contributed by atoms with Gasteiger partial charge in [-0.1, -0.05) is 51.5 Å². The van der Waals surface area contributed by atoms with Crippen LogP contribution in [0.2, 0.25) is 0 Å². The highest BCUT2D eigenvalue weighted by Crippen LogP contribution is 2.23. The number of aryl methyl sites for hydroxylation is 1. The molecule has 0 aliphatic rings. The lowest BCUT2D eigenvalue weighted by Gasteiger charge is -2.25. The van der Waals surface area contributed by atoms with Crippen molar-refractivity contribution < 1.29 is 8.42 Å². The summed E-state index contributed by atoms with van der Waals surface area (Å²) in [7, 11) is -0.364. The van der Waals surface area contributed by atoms with Crippen molar-refractivity contribution in [2.75, 3.05) is 14.1 Å². The molecule has 0 radical (unpaired) electrons. The average molecular weight is 298 g/mol. The zero-order chi connectivity index (χ0) is 15.3. The molecule has 0 bridgehead atoms. The third kappa shape index (κ3) is 4.58. The predicted molar refractivity (Wildman–Crippen MR) is 83.8 cm³/mol. The molecule has 0 amide bonds. The van der Waals surface area contributed by atoms with Crippen LogP contribution in [0.4, 0.5) is 0 Å². The molecule has 0 saturated carbocycles. The van der Waals surface area contributed by atoms with Gasteiger partial charge in [0, 0.05) is 14.1 Å². The summed E-state index contributed by atoms with van der Waals surface area (Å²) >= 11 is 0. The molecule has 0 unspecified atom stereocenters. The summed E-state index contributed by atoms with van der Waals surface area (Å²) < 4.78 is 28.0. The van der Waals surface area contributed by atoms with Crippen molar-refractivity contribution in [3.05, 3.63) is 35.4 Å². The van der Waals surface area contributed by atoms with E-state index in [2.05, 4.69) is 23.8 Å². The molecule has 5 heteroatoms. The lowest BCUT2D eigenvalue weighted by atomic mass is 9.95. The van der Waals surface area contributed by atoms with E-state index in [4.69, 9.17) is 0 Å². The van der Waals surface area contributed by atoms with E-state index in [1.54, 1.807) is 0 Å². The maximum atomic E-state index is 12.0. The maximum absolute atomic E-state index is 12.0. The minimum absolute atomic E-state index is 0.182. The summed E-state index contributed by atoms with van der Waals surface area (Å²) in [6, 6.07) is 8.00. The van der Waals surface area contributed by atoms with Gasteiger partial charge in [-0.05, 0) is 23.5 Å². The molecular formula is C15H26N2O2S. The average Bonchev–Trinajstić information content (AvgIpc) is 2.37. The second-order valence-electron chi connectivity index (χ2n) is 5.62. The SMILES string of the molecule is CCCc1ccc([C@H](NS(=O)(=O)N(C)C)C(C)C)cc1. The largest absolute Gasteiger partial charge is 0.279 e. The Morgan fingerprint density at radius 1 is 1.15 bits per heavy atom. The summed E-state index contributed by atoms with van der Waals surface area (Å²) in [5.41, 5.74) is 2.29. The monoisotopic (exact) mass is 298 g/mol. The van der Waals surface area contributed by atoms with Crippen molar-refractivity contribution in [3.8, 4) is 0 Å². The highest BCUT2D eigenvalue weighted by atomic mass is 32.2. The van der Waals surface area contributed by atoms with Crippen LogP contribution in [0.15, 0.2) is 24.3 Å². The Bertz CT molecular complexity index is 507. The first kappa shape index (κ1) is 17.1. The van der Waals surface area contributed by atoms with Crippen molar-refractivity contribution in [1.29, 1.82) is 0 Å². The third-order valence-corrected chi connectivity index (χ3v) is 4.81. The summed E-state index contributed by atoms with van der Waals surface area (Å²) in [6.07, 6.45) is 2.16. The molecule has 0 aliphatic heterocycles. The van der Waals surface area contributed by atoms with Gasteiger partial charge in [-0.3, -0.25) is 0 Å². The molecule has 114 valence electrons. The fourth-order valence-corrected chi connectivity index (χ4v) is 2.98. The molecule has 0 aliphatic carbocycles. The molecule has 0 aromatic heterocycles. The summed E-state index contributed by atoms with van der Waals surface area (Å²) in [5.74, 6) is 0.182. The number of benzene rings is 1. The highest BCUT2D eigenvalue weighted by Gasteiger charge is 2.23. The Morgan fingerprint density at radius 2 is 1.70 bits per heavy atom. The topological polar surface area (TPSA) is 49.4 Å².